The van der Waals surface area contributed by atoms with Gasteiger partial charge in [-0.15, -0.1) is 0 Å². The average Bonchev–Trinajstić information content (AvgIpc) is 2.88. The maximum Gasteiger partial charge on any atom is 0.416 e. The van der Waals surface area contributed by atoms with Crippen LogP contribution in [0.3, 0.4) is 0 Å². The molecule has 1 amide bonds. The molecule has 4 rings (SSSR count). The molecule has 1 N–H and O–H groups in total. The molecule has 0 saturated carbocycles. The monoisotopic (exact) mass is 567 g/mol. The minimum atomic E-state index is -4.42. The van der Waals surface area contributed by atoms with Crippen LogP contribution in [0.25, 0.3) is 0 Å². The average molecular weight is 568 g/mol. The normalized spacial score (nSPS) is 14.3. The summed E-state index contributed by atoms with van der Waals surface area (Å²) in [5, 5.41) is 0.484. The fraction of sp³-hybridized carbons (Fsp3) is 0.269. The van der Waals surface area contributed by atoms with Crippen molar-refractivity contribution in [3.8, 4) is 5.75 Å². The fourth-order valence-electron chi connectivity index (χ4n) is 4.01. The number of carbonyl (C=O) groups is 1. The molecular weight excluding hydrogens is 543 g/mol. The van der Waals surface area contributed by atoms with Crippen molar-refractivity contribution in [1.82, 2.24) is 4.90 Å². The van der Waals surface area contributed by atoms with E-state index in [4.69, 9.17) is 16.3 Å². The number of hydrogen-bond donors (Lipinski definition) is 1. The van der Waals surface area contributed by atoms with Crippen molar-refractivity contribution in [1.29, 1.82) is 0 Å². The van der Waals surface area contributed by atoms with E-state index in [1.54, 1.807) is 47.1 Å². The molecule has 1 heterocycles. The van der Waals surface area contributed by atoms with Gasteiger partial charge in [0.2, 0.25) is 0 Å². The summed E-state index contributed by atoms with van der Waals surface area (Å²) >= 11 is 5.84. The lowest BCUT2D eigenvalue weighted by atomic mass is 10.1. The maximum atomic E-state index is 13.0. The number of benzene rings is 3. The summed E-state index contributed by atoms with van der Waals surface area (Å²) in [6, 6.07) is 15.7. The number of piperazine rings is 1. The zero-order valence-electron chi connectivity index (χ0n) is 20.3. The number of carbonyl (C=O) groups excluding carboxylic acids is 1. The third kappa shape index (κ3) is 6.70. The zero-order valence-corrected chi connectivity index (χ0v) is 21.9. The number of ether oxygens (including phenoxy) is 1. The molecule has 1 aliphatic rings. The highest BCUT2D eigenvalue weighted by Gasteiger charge is 2.31. The van der Waals surface area contributed by atoms with Crippen molar-refractivity contribution in [3.05, 3.63) is 82.9 Å². The van der Waals surface area contributed by atoms with E-state index in [1.165, 1.54) is 24.3 Å². The van der Waals surface area contributed by atoms with Gasteiger partial charge in [-0.3, -0.25) is 9.52 Å². The topological polar surface area (TPSA) is 78.9 Å². The lowest BCUT2D eigenvalue weighted by Crippen LogP contribution is -2.50. The Morgan fingerprint density at radius 2 is 1.68 bits per heavy atom. The van der Waals surface area contributed by atoms with Crippen LogP contribution in [0.5, 0.6) is 5.75 Å². The number of alkyl halides is 3. The number of nitrogens with one attached hydrogen (secondary N) is 1. The number of nitrogens with zero attached hydrogens (tertiary/aromatic N) is 2. The van der Waals surface area contributed by atoms with Crippen LogP contribution in [-0.4, -0.2) is 52.0 Å². The second-order valence-electron chi connectivity index (χ2n) is 8.74. The molecule has 3 aromatic carbocycles. The number of amides is 1. The first kappa shape index (κ1) is 27.6. The number of aryl methyl sites for hydroxylation is 1. The van der Waals surface area contributed by atoms with Crippen LogP contribution in [0, 0.1) is 6.92 Å². The van der Waals surface area contributed by atoms with Crippen molar-refractivity contribution in [2.45, 2.75) is 18.0 Å². The molecule has 0 aromatic heterocycles. The molecule has 1 saturated heterocycles. The van der Waals surface area contributed by atoms with Crippen LogP contribution in [-0.2, 0) is 21.0 Å². The van der Waals surface area contributed by atoms with E-state index in [0.29, 0.717) is 53.9 Å². The maximum absolute atomic E-state index is 13.0. The van der Waals surface area contributed by atoms with Gasteiger partial charge in [-0.25, -0.2) is 8.42 Å². The van der Waals surface area contributed by atoms with E-state index in [9.17, 15) is 26.4 Å². The second kappa shape index (κ2) is 11.1. The van der Waals surface area contributed by atoms with Crippen LogP contribution >= 0.6 is 11.6 Å². The molecule has 3 aromatic rings. The van der Waals surface area contributed by atoms with Crippen molar-refractivity contribution in [2.24, 2.45) is 0 Å². The summed E-state index contributed by atoms with van der Waals surface area (Å²) in [5.41, 5.74) is 0.647. The van der Waals surface area contributed by atoms with Crippen LogP contribution < -0.4 is 14.4 Å². The molecule has 202 valence electrons. The van der Waals surface area contributed by atoms with Gasteiger partial charge in [0.05, 0.1) is 10.5 Å². The highest BCUT2D eigenvalue weighted by molar-refractivity contribution is 7.92. The smallest absolute Gasteiger partial charge is 0.416 e. The first-order valence-electron chi connectivity index (χ1n) is 11.6. The third-order valence-electron chi connectivity index (χ3n) is 6.08. The molecule has 0 spiro atoms. The summed E-state index contributed by atoms with van der Waals surface area (Å²) in [6.45, 7) is 2.88. The minimum Gasteiger partial charge on any atom is -0.483 e. The Labute approximate surface area is 223 Å². The predicted octanol–water partition coefficient (Wildman–Crippen LogP) is 5.20. The SMILES string of the molecule is Cc1cc(S(=O)(=O)Nc2ccc(Cl)cc2)ccc1OCC(=O)N1CCN(c2cccc(C(F)(F)F)c2)CC1. The van der Waals surface area contributed by atoms with E-state index < -0.39 is 21.8 Å². The van der Waals surface area contributed by atoms with Gasteiger partial charge in [-0.05, 0) is 73.2 Å². The lowest BCUT2D eigenvalue weighted by Gasteiger charge is -2.36. The van der Waals surface area contributed by atoms with E-state index in [0.717, 1.165) is 12.1 Å². The molecule has 0 atom stereocenters. The Kier molecular flexibility index (Phi) is 8.08. The predicted molar refractivity (Wildman–Crippen MR) is 139 cm³/mol. The summed E-state index contributed by atoms with van der Waals surface area (Å²) in [5.74, 6) is 0.0978. The molecule has 12 heteroatoms. The highest BCUT2D eigenvalue weighted by Crippen LogP contribution is 2.32. The molecule has 0 bridgehead atoms. The van der Waals surface area contributed by atoms with E-state index in [1.807, 2.05) is 0 Å². The number of sulfonamides is 1. The van der Waals surface area contributed by atoms with Gasteiger partial charge in [0.25, 0.3) is 15.9 Å². The van der Waals surface area contributed by atoms with E-state index in [-0.39, 0.29) is 17.4 Å². The lowest BCUT2D eigenvalue weighted by molar-refractivity contribution is -0.137. The van der Waals surface area contributed by atoms with Gasteiger partial charge in [-0.2, -0.15) is 13.2 Å². The number of anilines is 2. The van der Waals surface area contributed by atoms with Gasteiger partial charge in [-0.1, -0.05) is 17.7 Å². The van der Waals surface area contributed by atoms with E-state index in [2.05, 4.69) is 4.72 Å². The highest BCUT2D eigenvalue weighted by atomic mass is 35.5. The Hall–Kier alpha value is -3.44. The van der Waals surface area contributed by atoms with Gasteiger partial charge < -0.3 is 14.5 Å². The second-order valence-corrected chi connectivity index (χ2v) is 10.9. The summed E-state index contributed by atoms with van der Waals surface area (Å²) < 4.78 is 72.6. The van der Waals surface area contributed by atoms with Crippen LogP contribution in [0.4, 0.5) is 24.5 Å². The molecular formula is C26H25ClF3N3O4S. The van der Waals surface area contributed by atoms with Crippen molar-refractivity contribution in [3.63, 3.8) is 0 Å². The molecule has 0 radical (unpaired) electrons. The first-order chi connectivity index (χ1) is 17.9. The van der Waals surface area contributed by atoms with Crippen LogP contribution in [0.15, 0.2) is 71.6 Å². The standard InChI is InChI=1S/C26H25ClF3N3O4S/c1-18-15-23(38(35,36)31-21-7-5-20(27)6-8-21)9-10-24(18)37-17-25(34)33-13-11-32(12-14-33)22-4-2-3-19(16-22)26(28,29)30/h2-10,15-16,31H,11-14,17H2,1H3. The third-order valence-corrected chi connectivity index (χ3v) is 7.71. The molecule has 7 nitrogen and oxygen atoms in total. The Morgan fingerprint density at radius 1 is 1.00 bits per heavy atom. The largest absolute Gasteiger partial charge is 0.483 e. The quantitative estimate of drug-likeness (QED) is 0.425. The molecule has 0 unspecified atom stereocenters. The molecule has 0 aliphatic carbocycles. The molecule has 1 aliphatic heterocycles. The van der Waals surface area contributed by atoms with Gasteiger partial charge >= 0.3 is 6.18 Å². The van der Waals surface area contributed by atoms with Crippen LogP contribution in [0.2, 0.25) is 5.02 Å². The Balaban J connectivity index is 1.31. The number of halogens is 4. The van der Waals surface area contributed by atoms with Crippen molar-refractivity contribution in [2.75, 3.05) is 42.4 Å². The Morgan fingerprint density at radius 3 is 2.32 bits per heavy atom. The van der Waals surface area contributed by atoms with Crippen molar-refractivity contribution >= 4 is 38.9 Å². The number of rotatable bonds is 7. The number of hydrogen-bond acceptors (Lipinski definition) is 5. The van der Waals surface area contributed by atoms with Gasteiger partial charge in [0.15, 0.2) is 6.61 Å². The summed E-state index contributed by atoms with van der Waals surface area (Å²) in [7, 11) is -3.84. The molecule has 38 heavy (non-hydrogen) atoms. The summed E-state index contributed by atoms with van der Waals surface area (Å²) in [4.78, 5) is 16.1. The zero-order chi connectivity index (χ0) is 27.5. The Bertz CT molecular complexity index is 1410. The van der Waals surface area contributed by atoms with Gasteiger partial charge in [0, 0.05) is 42.6 Å². The fourth-order valence-corrected chi connectivity index (χ4v) is 5.28. The van der Waals surface area contributed by atoms with Crippen molar-refractivity contribution < 1.29 is 31.1 Å². The van der Waals surface area contributed by atoms with E-state index >= 15 is 0 Å². The first-order valence-corrected chi connectivity index (χ1v) is 13.5. The van der Waals surface area contributed by atoms with Gasteiger partial charge in [0.1, 0.15) is 5.75 Å². The minimum absolute atomic E-state index is 0.0364. The summed E-state index contributed by atoms with van der Waals surface area (Å²) in [6.07, 6.45) is -4.42. The molecule has 1 fully saturated rings. The van der Waals surface area contributed by atoms with Crippen LogP contribution in [0.1, 0.15) is 11.1 Å².